The predicted molar refractivity (Wildman–Crippen MR) is 97.9 cm³/mol. The molecule has 1 heterocycles. The standard InChI is InChI=1S/C20H21NO5/c1-23-15-9-14(10-16(11-15)24-2)7-8-20(22)21-12-17-13-25-18-5-3-4-6-19(18)26-17/h3-11,17H,12-13H2,1-2H3,(H,21,22). The molecule has 1 amide bonds. The molecule has 0 bridgehead atoms. The Labute approximate surface area is 152 Å². The van der Waals surface area contributed by atoms with Gasteiger partial charge in [-0.3, -0.25) is 4.79 Å². The van der Waals surface area contributed by atoms with Crippen molar-refractivity contribution < 1.29 is 23.7 Å². The van der Waals surface area contributed by atoms with Crippen LogP contribution < -0.4 is 24.3 Å². The van der Waals surface area contributed by atoms with E-state index in [0.717, 1.165) is 11.3 Å². The highest BCUT2D eigenvalue weighted by Crippen LogP contribution is 2.30. The van der Waals surface area contributed by atoms with Gasteiger partial charge in [-0.1, -0.05) is 12.1 Å². The molecule has 6 nitrogen and oxygen atoms in total. The van der Waals surface area contributed by atoms with Crippen molar-refractivity contribution in [3.8, 4) is 23.0 Å². The molecule has 0 fully saturated rings. The van der Waals surface area contributed by atoms with Crippen LogP contribution in [0.1, 0.15) is 5.56 Å². The molecule has 1 N–H and O–H groups in total. The summed E-state index contributed by atoms with van der Waals surface area (Å²) in [5.74, 6) is 2.53. The average molecular weight is 355 g/mol. The molecule has 6 heteroatoms. The summed E-state index contributed by atoms with van der Waals surface area (Å²) in [6.45, 7) is 0.757. The third-order valence-electron chi connectivity index (χ3n) is 3.87. The number of nitrogens with one attached hydrogen (secondary N) is 1. The summed E-state index contributed by atoms with van der Waals surface area (Å²) in [6.07, 6.45) is 2.94. The molecule has 0 aliphatic carbocycles. The summed E-state index contributed by atoms with van der Waals surface area (Å²) >= 11 is 0. The third-order valence-corrected chi connectivity index (χ3v) is 3.87. The minimum Gasteiger partial charge on any atom is -0.497 e. The van der Waals surface area contributed by atoms with E-state index in [1.807, 2.05) is 36.4 Å². The van der Waals surface area contributed by atoms with E-state index in [1.165, 1.54) is 6.08 Å². The number of carbonyl (C=O) groups excluding carboxylic acids is 1. The molecule has 0 saturated heterocycles. The first kappa shape index (κ1) is 17.7. The third kappa shape index (κ3) is 4.47. The Hall–Kier alpha value is -3.15. The Kier molecular flexibility index (Phi) is 5.63. The Morgan fingerprint density at radius 2 is 1.85 bits per heavy atom. The second-order valence-electron chi connectivity index (χ2n) is 5.72. The second kappa shape index (κ2) is 8.29. The van der Waals surface area contributed by atoms with Crippen LogP contribution in [0, 0.1) is 0 Å². The maximum Gasteiger partial charge on any atom is 0.244 e. The van der Waals surface area contributed by atoms with Gasteiger partial charge in [-0.2, -0.15) is 0 Å². The Morgan fingerprint density at radius 1 is 1.15 bits per heavy atom. The largest absolute Gasteiger partial charge is 0.497 e. The lowest BCUT2D eigenvalue weighted by Crippen LogP contribution is -2.40. The molecule has 0 saturated carbocycles. The van der Waals surface area contributed by atoms with Crippen molar-refractivity contribution in [1.82, 2.24) is 5.32 Å². The van der Waals surface area contributed by atoms with Gasteiger partial charge in [-0.25, -0.2) is 0 Å². The molecular formula is C20H21NO5. The SMILES string of the molecule is COc1cc(C=CC(=O)NCC2COc3ccccc3O2)cc(OC)c1. The molecule has 0 spiro atoms. The van der Waals surface area contributed by atoms with Gasteiger partial charge in [0, 0.05) is 12.1 Å². The summed E-state index contributed by atoms with van der Waals surface area (Å²) in [7, 11) is 3.17. The summed E-state index contributed by atoms with van der Waals surface area (Å²) in [5.41, 5.74) is 0.808. The number of carbonyl (C=O) groups is 1. The number of para-hydroxylation sites is 2. The van der Waals surface area contributed by atoms with Crippen LogP contribution in [0.25, 0.3) is 6.08 Å². The van der Waals surface area contributed by atoms with Crippen LogP contribution in [0.3, 0.4) is 0 Å². The van der Waals surface area contributed by atoms with Crippen LogP contribution in [-0.2, 0) is 4.79 Å². The molecule has 0 radical (unpaired) electrons. The van der Waals surface area contributed by atoms with Gasteiger partial charge >= 0.3 is 0 Å². The molecule has 2 aromatic carbocycles. The minimum atomic E-state index is -0.223. The molecule has 3 rings (SSSR count). The molecule has 136 valence electrons. The fraction of sp³-hybridized carbons (Fsp3) is 0.250. The van der Waals surface area contributed by atoms with Crippen LogP contribution in [0.2, 0.25) is 0 Å². The van der Waals surface area contributed by atoms with Crippen LogP contribution in [0.15, 0.2) is 48.5 Å². The first-order valence-corrected chi connectivity index (χ1v) is 8.25. The van der Waals surface area contributed by atoms with E-state index < -0.39 is 0 Å². The first-order chi connectivity index (χ1) is 12.7. The van der Waals surface area contributed by atoms with Crippen LogP contribution >= 0.6 is 0 Å². The fourth-order valence-electron chi connectivity index (χ4n) is 2.53. The molecule has 1 atom stereocenters. The highest BCUT2D eigenvalue weighted by atomic mass is 16.6. The van der Waals surface area contributed by atoms with Crippen LogP contribution in [0.5, 0.6) is 23.0 Å². The van der Waals surface area contributed by atoms with Crippen LogP contribution in [-0.4, -0.2) is 39.4 Å². The van der Waals surface area contributed by atoms with Gasteiger partial charge in [0.1, 0.15) is 24.2 Å². The monoisotopic (exact) mass is 355 g/mol. The van der Waals surface area contributed by atoms with E-state index in [-0.39, 0.29) is 12.0 Å². The molecule has 1 aliphatic rings. The average Bonchev–Trinajstić information content (AvgIpc) is 2.70. The van der Waals surface area contributed by atoms with E-state index in [0.29, 0.717) is 30.4 Å². The Bertz CT molecular complexity index is 780. The molecule has 26 heavy (non-hydrogen) atoms. The first-order valence-electron chi connectivity index (χ1n) is 8.25. The summed E-state index contributed by atoms with van der Waals surface area (Å²) in [6, 6.07) is 12.9. The predicted octanol–water partition coefficient (Wildman–Crippen LogP) is 2.67. The van der Waals surface area contributed by atoms with Gasteiger partial charge < -0.3 is 24.3 Å². The number of methoxy groups -OCH3 is 2. The number of ether oxygens (including phenoxy) is 4. The fourth-order valence-corrected chi connectivity index (χ4v) is 2.53. The number of hydrogen-bond acceptors (Lipinski definition) is 5. The highest BCUT2D eigenvalue weighted by Gasteiger charge is 2.20. The zero-order valence-electron chi connectivity index (χ0n) is 14.7. The normalized spacial score (nSPS) is 15.5. The van der Waals surface area contributed by atoms with Gasteiger partial charge in [0.15, 0.2) is 11.5 Å². The highest BCUT2D eigenvalue weighted by molar-refractivity contribution is 5.91. The van der Waals surface area contributed by atoms with E-state index in [9.17, 15) is 4.79 Å². The van der Waals surface area contributed by atoms with Crippen molar-refractivity contribution in [2.45, 2.75) is 6.10 Å². The van der Waals surface area contributed by atoms with Crippen molar-refractivity contribution in [1.29, 1.82) is 0 Å². The number of hydrogen-bond donors (Lipinski definition) is 1. The maximum atomic E-state index is 12.1. The smallest absolute Gasteiger partial charge is 0.244 e. The second-order valence-corrected chi connectivity index (χ2v) is 5.72. The number of amides is 1. The van der Waals surface area contributed by atoms with Crippen molar-refractivity contribution in [2.24, 2.45) is 0 Å². The van der Waals surface area contributed by atoms with Crippen molar-refractivity contribution >= 4 is 12.0 Å². The molecule has 1 unspecified atom stereocenters. The number of benzene rings is 2. The zero-order valence-corrected chi connectivity index (χ0v) is 14.7. The van der Waals surface area contributed by atoms with Gasteiger partial charge in [-0.15, -0.1) is 0 Å². The zero-order chi connectivity index (χ0) is 18.4. The lowest BCUT2D eigenvalue weighted by atomic mass is 10.2. The number of rotatable bonds is 6. The van der Waals surface area contributed by atoms with Gasteiger partial charge in [0.25, 0.3) is 0 Å². The van der Waals surface area contributed by atoms with E-state index >= 15 is 0 Å². The van der Waals surface area contributed by atoms with Gasteiger partial charge in [-0.05, 0) is 35.9 Å². The Morgan fingerprint density at radius 3 is 2.54 bits per heavy atom. The van der Waals surface area contributed by atoms with Gasteiger partial charge in [0.05, 0.1) is 20.8 Å². The molecule has 0 aromatic heterocycles. The summed E-state index contributed by atoms with van der Waals surface area (Å²) in [5, 5.41) is 2.82. The van der Waals surface area contributed by atoms with E-state index in [4.69, 9.17) is 18.9 Å². The Balaban J connectivity index is 1.54. The lowest BCUT2D eigenvalue weighted by molar-refractivity contribution is -0.116. The van der Waals surface area contributed by atoms with Crippen molar-refractivity contribution in [3.63, 3.8) is 0 Å². The lowest BCUT2D eigenvalue weighted by Gasteiger charge is -2.26. The van der Waals surface area contributed by atoms with Crippen molar-refractivity contribution in [3.05, 3.63) is 54.1 Å². The summed E-state index contributed by atoms with van der Waals surface area (Å²) in [4.78, 5) is 12.1. The maximum absolute atomic E-state index is 12.1. The van der Waals surface area contributed by atoms with Gasteiger partial charge in [0.2, 0.25) is 5.91 Å². The molecule has 1 aliphatic heterocycles. The topological polar surface area (TPSA) is 66.0 Å². The molecule has 2 aromatic rings. The van der Waals surface area contributed by atoms with E-state index in [2.05, 4.69) is 5.32 Å². The molecular weight excluding hydrogens is 334 g/mol. The van der Waals surface area contributed by atoms with Crippen LogP contribution in [0.4, 0.5) is 0 Å². The summed E-state index contributed by atoms with van der Waals surface area (Å²) < 4.78 is 21.9. The van der Waals surface area contributed by atoms with E-state index in [1.54, 1.807) is 26.4 Å². The van der Waals surface area contributed by atoms with Crippen molar-refractivity contribution in [2.75, 3.05) is 27.4 Å². The minimum absolute atomic E-state index is 0.214. The quantitative estimate of drug-likeness (QED) is 0.807. The number of fused-ring (bicyclic) bond motifs is 1.